The minimum atomic E-state index is -3.55. The molecular weight excluding hydrogens is 348 g/mol. The third-order valence-corrected chi connectivity index (χ3v) is 5.78. The maximum atomic E-state index is 12.3. The van der Waals surface area contributed by atoms with Crippen molar-refractivity contribution in [2.75, 3.05) is 11.9 Å². The zero-order valence-corrected chi connectivity index (χ0v) is 16.5. The maximum absolute atomic E-state index is 12.3. The van der Waals surface area contributed by atoms with E-state index in [9.17, 15) is 13.2 Å². The third-order valence-electron chi connectivity index (χ3n) is 4.32. The highest BCUT2D eigenvalue weighted by atomic mass is 32.2. The van der Waals surface area contributed by atoms with Crippen LogP contribution in [0.25, 0.3) is 0 Å². The maximum Gasteiger partial charge on any atom is 0.240 e. The summed E-state index contributed by atoms with van der Waals surface area (Å²) in [6.45, 7) is 7.98. The van der Waals surface area contributed by atoms with Gasteiger partial charge >= 0.3 is 0 Å². The number of aryl methyl sites for hydroxylation is 4. The third kappa shape index (κ3) is 5.41. The largest absolute Gasteiger partial charge is 0.326 e. The number of carbonyl (C=O) groups is 1. The van der Waals surface area contributed by atoms with Crippen LogP contribution in [0.15, 0.2) is 41.3 Å². The summed E-state index contributed by atoms with van der Waals surface area (Å²) >= 11 is 0. The van der Waals surface area contributed by atoms with Gasteiger partial charge in [-0.1, -0.05) is 23.8 Å². The molecule has 0 unspecified atom stereocenters. The van der Waals surface area contributed by atoms with Crippen molar-refractivity contribution in [3.05, 3.63) is 58.7 Å². The van der Waals surface area contributed by atoms with E-state index >= 15 is 0 Å². The molecule has 0 bridgehead atoms. The summed E-state index contributed by atoms with van der Waals surface area (Å²) < 4.78 is 27.1. The molecule has 1 amide bonds. The Hall–Kier alpha value is -2.18. The number of amides is 1. The summed E-state index contributed by atoms with van der Waals surface area (Å²) in [5.41, 5.74) is 4.92. The molecule has 0 aromatic heterocycles. The molecule has 0 radical (unpaired) electrons. The molecule has 2 rings (SSSR count). The van der Waals surface area contributed by atoms with Gasteiger partial charge in [0.2, 0.25) is 15.9 Å². The Labute approximate surface area is 155 Å². The normalized spacial score (nSPS) is 11.4. The smallest absolute Gasteiger partial charge is 0.240 e. The molecule has 0 aliphatic carbocycles. The summed E-state index contributed by atoms with van der Waals surface area (Å²) in [7, 11) is -3.55. The SMILES string of the molecule is Cc1ccc(NC(=O)CCCNS(=O)(=O)c2ccc(C)c(C)c2)c(C)c1. The van der Waals surface area contributed by atoms with Crippen LogP contribution in [0.5, 0.6) is 0 Å². The van der Waals surface area contributed by atoms with E-state index in [1.807, 2.05) is 45.9 Å². The minimum absolute atomic E-state index is 0.123. The van der Waals surface area contributed by atoms with E-state index in [1.165, 1.54) is 0 Å². The van der Waals surface area contributed by atoms with E-state index < -0.39 is 10.0 Å². The number of carbonyl (C=O) groups excluding carboxylic acids is 1. The van der Waals surface area contributed by atoms with Gasteiger partial charge in [0.25, 0.3) is 0 Å². The van der Waals surface area contributed by atoms with Crippen molar-refractivity contribution < 1.29 is 13.2 Å². The zero-order chi connectivity index (χ0) is 19.3. The van der Waals surface area contributed by atoms with E-state index in [0.717, 1.165) is 27.9 Å². The van der Waals surface area contributed by atoms with E-state index in [1.54, 1.807) is 18.2 Å². The van der Waals surface area contributed by atoms with Gasteiger partial charge in [0, 0.05) is 18.7 Å². The molecule has 6 heteroatoms. The van der Waals surface area contributed by atoms with Crippen molar-refractivity contribution in [3.63, 3.8) is 0 Å². The molecule has 0 fully saturated rings. The van der Waals surface area contributed by atoms with Crippen LogP contribution in [-0.4, -0.2) is 20.9 Å². The van der Waals surface area contributed by atoms with Gasteiger partial charge in [0.15, 0.2) is 0 Å². The molecule has 2 aromatic rings. The molecule has 0 spiro atoms. The van der Waals surface area contributed by atoms with Crippen LogP contribution in [0.3, 0.4) is 0 Å². The molecule has 26 heavy (non-hydrogen) atoms. The first-order chi connectivity index (χ1) is 12.2. The lowest BCUT2D eigenvalue weighted by Crippen LogP contribution is -2.26. The van der Waals surface area contributed by atoms with Crippen molar-refractivity contribution in [2.24, 2.45) is 0 Å². The minimum Gasteiger partial charge on any atom is -0.326 e. The predicted molar refractivity (Wildman–Crippen MR) is 105 cm³/mol. The molecule has 2 N–H and O–H groups in total. The second kappa shape index (κ2) is 8.47. The molecule has 0 saturated heterocycles. The van der Waals surface area contributed by atoms with E-state index in [-0.39, 0.29) is 23.8 Å². The van der Waals surface area contributed by atoms with Gasteiger partial charge in [0.05, 0.1) is 4.90 Å². The van der Waals surface area contributed by atoms with Crippen molar-refractivity contribution in [2.45, 2.75) is 45.4 Å². The van der Waals surface area contributed by atoms with E-state index in [0.29, 0.717) is 6.42 Å². The highest BCUT2D eigenvalue weighted by Crippen LogP contribution is 2.17. The second-order valence-electron chi connectivity index (χ2n) is 6.61. The first-order valence-corrected chi connectivity index (χ1v) is 10.1. The van der Waals surface area contributed by atoms with Gasteiger partial charge in [-0.3, -0.25) is 4.79 Å². The average molecular weight is 375 g/mol. The summed E-state index contributed by atoms with van der Waals surface area (Å²) in [5, 5.41) is 2.86. The highest BCUT2D eigenvalue weighted by Gasteiger charge is 2.14. The highest BCUT2D eigenvalue weighted by molar-refractivity contribution is 7.89. The molecule has 0 saturated carbocycles. The Balaban J connectivity index is 1.83. The quantitative estimate of drug-likeness (QED) is 0.727. The Morgan fingerprint density at radius 1 is 0.923 bits per heavy atom. The monoisotopic (exact) mass is 374 g/mol. The molecule has 2 aromatic carbocycles. The van der Waals surface area contributed by atoms with Crippen LogP contribution in [0.1, 0.15) is 35.1 Å². The van der Waals surface area contributed by atoms with Gasteiger partial charge in [-0.25, -0.2) is 13.1 Å². The van der Waals surface area contributed by atoms with Gasteiger partial charge in [-0.05, 0) is 69.0 Å². The summed E-state index contributed by atoms with van der Waals surface area (Å²) in [5.74, 6) is -0.123. The second-order valence-corrected chi connectivity index (χ2v) is 8.38. The number of rotatable bonds is 7. The van der Waals surface area contributed by atoms with E-state index in [4.69, 9.17) is 0 Å². The summed E-state index contributed by atoms with van der Waals surface area (Å²) in [4.78, 5) is 12.3. The summed E-state index contributed by atoms with van der Waals surface area (Å²) in [6.07, 6.45) is 0.684. The summed E-state index contributed by atoms with van der Waals surface area (Å²) in [6, 6.07) is 10.9. The topological polar surface area (TPSA) is 75.3 Å². The number of nitrogens with one attached hydrogen (secondary N) is 2. The number of hydrogen-bond donors (Lipinski definition) is 2. The van der Waals surface area contributed by atoms with Crippen molar-refractivity contribution in [1.82, 2.24) is 4.72 Å². The molecule has 0 atom stereocenters. The van der Waals surface area contributed by atoms with Crippen molar-refractivity contribution in [3.8, 4) is 0 Å². The molecule has 0 aliphatic rings. The zero-order valence-electron chi connectivity index (χ0n) is 15.7. The number of benzene rings is 2. The molecule has 0 aliphatic heterocycles. The molecular formula is C20H26N2O3S. The fourth-order valence-corrected chi connectivity index (χ4v) is 3.75. The Kier molecular flexibility index (Phi) is 6.56. The fraction of sp³-hybridized carbons (Fsp3) is 0.350. The Bertz CT molecular complexity index is 905. The number of anilines is 1. The van der Waals surface area contributed by atoms with E-state index in [2.05, 4.69) is 10.0 Å². The number of hydrogen-bond acceptors (Lipinski definition) is 3. The van der Waals surface area contributed by atoms with Crippen LogP contribution in [0.2, 0.25) is 0 Å². The Morgan fingerprint density at radius 3 is 2.31 bits per heavy atom. The average Bonchev–Trinajstić information content (AvgIpc) is 2.56. The van der Waals surface area contributed by atoms with Crippen LogP contribution >= 0.6 is 0 Å². The van der Waals surface area contributed by atoms with Crippen LogP contribution in [0.4, 0.5) is 5.69 Å². The fourth-order valence-electron chi connectivity index (χ4n) is 2.59. The molecule has 5 nitrogen and oxygen atoms in total. The van der Waals surface area contributed by atoms with Gasteiger partial charge in [-0.2, -0.15) is 0 Å². The van der Waals surface area contributed by atoms with Gasteiger partial charge in [0.1, 0.15) is 0 Å². The lowest BCUT2D eigenvalue weighted by Gasteiger charge is -2.10. The van der Waals surface area contributed by atoms with Crippen LogP contribution in [0, 0.1) is 27.7 Å². The number of sulfonamides is 1. The lowest BCUT2D eigenvalue weighted by molar-refractivity contribution is -0.116. The van der Waals surface area contributed by atoms with Crippen LogP contribution in [-0.2, 0) is 14.8 Å². The predicted octanol–water partition coefficient (Wildman–Crippen LogP) is 3.62. The standard InChI is InChI=1S/C20H26N2O3S/c1-14-7-10-19(17(4)12-14)22-20(23)6-5-11-21-26(24,25)18-9-8-15(2)16(3)13-18/h7-10,12-13,21H,5-6,11H2,1-4H3,(H,22,23). The molecule has 0 heterocycles. The molecule has 140 valence electrons. The van der Waals surface area contributed by atoms with Gasteiger partial charge in [-0.15, -0.1) is 0 Å². The lowest BCUT2D eigenvalue weighted by atomic mass is 10.1. The first-order valence-electron chi connectivity index (χ1n) is 8.63. The Morgan fingerprint density at radius 2 is 1.65 bits per heavy atom. The van der Waals surface area contributed by atoms with Gasteiger partial charge < -0.3 is 5.32 Å². The van der Waals surface area contributed by atoms with Crippen LogP contribution < -0.4 is 10.0 Å². The first kappa shape index (κ1) is 20.1. The van der Waals surface area contributed by atoms with Crippen molar-refractivity contribution in [1.29, 1.82) is 0 Å². The van der Waals surface area contributed by atoms with Crippen molar-refractivity contribution >= 4 is 21.6 Å².